The summed E-state index contributed by atoms with van der Waals surface area (Å²) in [6, 6.07) is 4.10. The van der Waals surface area contributed by atoms with Crippen molar-refractivity contribution < 1.29 is 9.18 Å². The van der Waals surface area contributed by atoms with E-state index in [1.165, 1.54) is 12.1 Å². The number of benzene rings is 1. The van der Waals surface area contributed by atoms with Crippen molar-refractivity contribution in [3.8, 4) is 0 Å². The van der Waals surface area contributed by atoms with Crippen molar-refractivity contribution in [1.82, 2.24) is 9.78 Å². The zero-order valence-electron chi connectivity index (χ0n) is 11.7. The number of hydrogen-bond donors (Lipinski definition) is 0. The van der Waals surface area contributed by atoms with Crippen LogP contribution in [0.1, 0.15) is 22.5 Å². The standard InChI is InChI=1S/C15H16ClFN2O/c1-9-14(10(2)19(3)18-9)8-13(20)6-11-4-5-12(17)7-15(11)16/h4-5,7H,6,8H2,1-3H3. The fourth-order valence-corrected chi connectivity index (χ4v) is 2.44. The molecule has 0 aliphatic rings. The lowest BCUT2D eigenvalue weighted by molar-refractivity contribution is -0.117. The van der Waals surface area contributed by atoms with Crippen molar-refractivity contribution in [2.45, 2.75) is 26.7 Å². The van der Waals surface area contributed by atoms with Crippen LogP contribution in [0.5, 0.6) is 0 Å². The highest BCUT2D eigenvalue weighted by Crippen LogP contribution is 2.19. The monoisotopic (exact) mass is 294 g/mol. The van der Waals surface area contributed by atoms with Crippen LogP contribution in [0.2, 0.25) is 5.02 Å². The van der Waals surface area contributed by atoms with Crippen LogP contribution in [0.25, 0.3) is 0 Å². The van der Waals surface area contributed by atoms with Crippen LogP contribution in [0.3, 0.4) is 0 Å². The molecule has 0 N–H and O–H groups in total. The molecule has 106 valence electrons. The van der Waals surface area contributed by atoms with Crippen molar-refractivity contribution in [3.63, 3.8) is 0 Å². The molecule has 2 aromatic rings. The normalized spacial score (nSPS) is 10.8. The fourth-order valence-electron chi connectivity index (χ4n) is 2.21. The highest BCUT2D eigenvalue weighted by molar-refractivity contribution is 6.31. The van der Waals surface area contributed by atoms with E-state index in [1.807, 2.05) is 20.9 Å². The second-order valence-corrected chi connectivity index (χ2v) is 5.31. The van der Waals surface area contributed by atoms with E-state index in [1.54, 1.807) is 10.7 Å². The summed E-state index contributed by atoms with van der Waals surface area (Å²) in [7, 11) is 1.85. The molecule has 0 bridgehead atoms. The molecule has 0 aliphatic carbocycles. The van der Waals surface area contributed by atoms with Gasteiger partial charge < -0.3 is 0 Å². The molecule has 0 saturated carbocycles. The molecule has 0 unspecified atom stereocenters. The fraction of sp³-hybridized carbons (Fsp3) is 0.333. The number of aryl methyl sites for hydroxylation is 2. The van der Waals surface area contributed by atoms with Gasteiger partial charge in [-0.3, -0.25) is 9.48 Å². The Bertz CT molecular complexity index is 664. The molecule has 0 fully saturated rings. The summed E-state index contributed by atoms with van der Waals surface area (Å²) in [5.74, 6) is -0.358. The van der Waals surface area contributed by atoms with Gasteiger partial charge in [-0.1, -0.05) is 17.7 Å². The van der Waals surface area contributed by atoms with Crippen LogP contribution in [0.15, 0.2) is 18.2 Å². The Kier molecular flexibility index (Phi) is 4.23. The summed E-state index contributed by atoms with van der Waals surface area (Å²) in [6.07, 6.45) is 0.520. The van der Waals surface area contributed by atoms with Gasteiger partial charge in [0.25, 0.3) is 0 Å². The van der Waals surface area contributed by atoms with Crippen LogP contribution >= 0.6 is 11.6 Å². The van der Waals surface area contributed by atoms with Crippen molar-refractivity contribution in [2.24, 2.45) is 7.05 Å². The molecule has 3 nitrogen and oxygen atoms in total. The third-order valence-corrected chi connectivity index (χ3v) is 3.79. The van der Waals surface area contributed by atoms with Crippen molar-refractivity contribution in [2.75, 3.05) is 0 Å². The molecule has 0 atom stereocenters. The smallest absolute Gasteiger partial charge is 0.141 e. The molecule has 1 aromatic heterocycles. The predicted molar refractivity (Wildman–Crippen MR) is 76.5 cm³/mol. The van der Waals surface area contributed by atoms with Crippen LogP contribution in [0.4, 0.5) is 4.39 Å². The van der Waals surface area contributed by atoms with E-state index < -0.39 is 5.82 Å². The van der Waals surface area contributed by atoms with Crippen LogP contribution in [0, 0.1) is 19.7 Å². The third-order valence-electron chi connectivity index (χ3n) is 3.44. The Labute approximate surface area is 122 Å². The van der Waals surface area contributed by atoms with E-state index in [0.717, 1.165) is 17.0 Å². The molecule has 20 heavy (non-hydrogen) atoms. The van der Waals surface area contributed by atoms with Crippen LogP contribution in [-0.4, -0.2) is 15.6 Å². The largest absolute Gasteiger partial charge is 0.299 e. The zero-order chi connectivity index (χ0) is 14.9. The van der Waals surface area contributed by atoms with E-state index in [-0.39, 0.29) is 17.2 Å². The van der Waals surface area contributed by atoms with Gasteiger partial charge in [-0.15, -0.1) is 0 Å². The molecule has 0 amide bonds. The van der Waals surface area contributed by atoms with Crippen molar-refractivity contribution in [1.29, 1.82) is 0 Å². The summed E-state index contributed by atoms with van der Waals surface area (Å²) >= 11 is 5.93. The van der Waals surface area contributed by atoms with Crippen molar-refractivity contribution >= 4 is 17.4 Å². The minimum Gasteiger partial charge on any atom is -0.299 e. The van der Waals surface area contributed by atoms with Gasteiger partial charge in [0.15, 0.2) is 0 Å². The number of rotatable bonds is 4. The number of halogens is 2. The maximum atomic E-state index is 13.0. The average Bonchev–Trinajstić information content (AvgIpc) is 2.60. The van der Waals surface area contributed by atoms with E-state index >= 15 is 0 Å². The molecular weight excluding hydrogens is 279 g/mol. The van der Waals surface area contributed by atoms with Gasteiger partial charge in [0.1, 0.15) is 11.6 Å². The van der Waals surface area contributed by atoms with Gasteiger partial charge in [0.05, 0.1) is 5.69 Å². The number of hydrogen-bond acceptors (Lipinski definition) is 2. The maximum absolute atomic E-state index is 13.0. The Morgan fingerprint density at radius 1 is 1.35 bits per heavy atom. The van der Waals surface area contributed by atoms with Crippen LogP contribution in [-0.2, 0) is 24.7 Å². The molecular formula is C15H16ClFN2O. The lowest BCUT2D eigenvalue weighted by atomic mass is 10.0. The number of ketones is 1. The first-order valence-corrected chi connectivity index (χ1v) is 6.71. The van der Waals surface area contributed by atoms with Gasteiger partial charge in [-0.05, 0) is 31.5 Å². The quantitative estimate of drug-likeness (QED) is 0.868. The molecule has 1 heterocycles. The lowest BCUT2D eigenvalue weighted by Crippen LogP contribution is -2.08. The number of nitrogens with zero attached hydrogens (tertiary/aromatic N) is 2. The first kappa shape index (κ1) is 14.7. The summed E-state index contributed by atoms with van der Waals surface area (Å²) in [5.41, 5.74) is 3.46. The number of aromatic nitrogens is 2. The van der Waals surface area contributed by atoms with Crippen LogP contribution < -0.4 is 0 Å². The number of Topliss-reactive ketones (excluding diaryl/α,β-unsaturated/α-hetero) is 1. The summed E-state index contributed by atoms with van der Waals surface area (Å²) in [5, 5.41) is 4.58. The molecule has 0 aliphatic heterocycles. The molecule has 1 aromatic carbocycles. The van der Waals surface area contributed by atoms with Gasteiger partial charge in [0.2, 0.25) is 0 Å². The first-order valence-electron chi connectivity index (χ1n) is 6.33. The second-order valence-electron chi connectivity index (χ2n) is 4.90. The Morgan fingerprint density at radius 3 is 2.60 bits per heavy atom. The third kappa shape index (κ3) is 3.07. The second kappa shape index (κ2) is 5.75. The van der Waals surface area contributed by atoms with E-state index in [4.69, 9.17) is 11.6 Å². The van der Waals surface area contributed by atoms with Gasteiger partial charge in [0, 0.05) is 36.2 Å². The lowest BCUT2D eigenvalue weighted by Gasteiger charge is -2.05. The summed E-state index contributed by atoms with van der Waals surface area (Å²) in [6.45, 7) is 3.83. The number of carbonyl (C=O) groups is 1. The summed E-state index contributed by atoms with van der Waals surface area (Å²) < 4.78 is 14.7. The maximum Gasteiger partial charge on any atom is 0.141 e. The van der Waals surface area contributed by atoms with E-state index in [9.17, 15) is 9.18 Å². The van der Waals surface area contributed by atoms with Gasteiger partial charge in [-0.25, -0.2) is 4.39 Å². The Morgan fingerprint density at radius 2 is 2.05 bits per heavy atom. The van der Waals surface area contributed by atoms with E-state index in [2.05, 4.69) is 5.10 Å². The van der Waals surface area contributed by atoms with Crippen molar-refractivity contribution in [3.05, 3.63) is 51.6 Å². The Hall–Kier alpha value is -1.68. The summed E-state index contributed by atoms with van der Waals surface area (Å²) in [4.78, 5) is 12.1. The number of carbonyl (C=O) groups excluding carboxylic acids is 1. The topological polar surface area (TPSA) is 34.9 Å². The van der Waals surface area contributed by atoms with Gasteiger partial charge >= 0.3 is 0 Å². The minimum atomic E-state index is -0.398. The molecule has 5 heteroatoms. The predicted octanol–water partition coefficient (Wildman–Crippen LogP) is 3.18. The molecule has 0 spiro atoms. The molecule has 2 rings (SSSR count). The average molecular weight is 295 g/mol. The SMILES string of the molecule is Cc1nn(C)c(C)c1CC(=O)Cc1ccc(F)cc1Cl. The minimum absolute atomic E-state index is 0.0395. The molecule has 0 radical (unpaired) electrons. The first-order chi connectivity index (χ1) is 9.38. The van der Waals surface area contributed by atoms with Gasteiger partial charge in [-0.2, -0.15) is 5.10 Å². The highest BCUT2D eigenvalue weighted by Gasteiger charge is 2.15. The Balaban J connectivity index is 2.13. The zero-order valence-corrected chi connectivity index (χ0v) is 12.5. The highest BCUT2D eigenvalue weighted by atomic mass is 35.5. The molecule has 0 saturated heterocycles. The van der Waals surface area contributed by atoms with E-state index in [0.29, 0.717) is 12.0 Å².